The summed E-state index contributed by atoms with van der Waals surface area (Å²) in [5.74, 6) is -4.28. The summed E-state index contributed by atoms with van der Waals surface area (Å²) in [6, 6.07) is 6.61. The van der Waals surface area contributed by atoms with Gasteiger partial charge < -0.3 is 15.4 Å². The van der Waals surface area contributed by atoms with Gasteiger partial charge in [-0.05, 0) is 29.8 Å². The predicted molar refractivity (Wildman–Crippen MR) is 84.0 cm³/mol. The van der Waals surface area contributed by atoms with E-state index in [0.717, 1.165) is 24.3 Å². The second-order valence-electron chi connectivity index (χ2n) is 5.55. The van der Waals surface area contributed by atoms with E-state index in [1.807, 2.05) is 0 Å². The summed E-state index contributed by atoms with van der Waals surface area (Å²) in [5.41, 5.74) is 0.610. The molecule has 3 rings (SSSR count). The molecular formula is C17H12F4N2O3. The van der Waals surface area contributed by atoms with Crippen molar-refractivity contribution in [3.63, 3.8) is 0 Å². The number of benzene rings is 2. The van der Waals surface area contributed by atoms with Crippen molar-refractivity contribution in [2.45, 2.75) is 19.0 Å². The third-order valence-electron chi connectivity index (χ3n) is 3.79. The quantitative estimate of drug-likeness (QED) is 0.810. The highest BCUT2D eigenvalue weighted by Crippen LogP contribution is 2.34. The van der Waals surface area contributed by atoms with Crippen LogP contribution in [-0.2, 0) is 9.59 Å². The molecule has 26 heavy (non-hydrogen) atoms. The minimum atomic E-state index is -3.18. The van der Waals surface area contributed by atoms with Crippen LogP contribution in [0.5, 0.6) is 5.75 Å². The van der Waals surface area contributed by atoms with Gasteiger partial charge in [0.1, 0.15) is 5.82 Å². The molecule has 1 unspecified atom stereocenters. The van der Waals surface area contributed by atoms with Crippen molar-refractivity contribution in [1.29, 1.82) is 0 Å². The number of rotatable bonds is 4. The van der Waals surface area contributed by atoms with Gasteiger partial charge >= 0.3 is 6.61 Å². The van der Waals surface area contributed by atoms with Crippen molar-refractivity contribution in [1.82, 2.24) is 0 Å². The number of carbonyl (C=O) groups excluding carboxylic acids is 2. The Morgan fingerprint density at radius 2 is 1.96 bits per heavy atom. The smallest absolute Gasteiger partial charge is 0.387 e. The third kappa shape index (κ3) is 3.76. The molecule has 9 heteroatoms. The van der Waals surface area contributed by atoms with Gasteiger partial charge in [-0.3, -0.25) is 9.59 Å². The molecule has 0 aliphatic carbocycles. The summed E-state index contributed by atoms with van der Waals surface area (Å²) in [6.07, 6.45) is -0.167. The van der Waals surface area contributed by atoms with E-state index in [2.05, 4.69) is 15.4 Å². The molecule has 0 radical (unpaired) electrons. The summed E-state index contributed by atoms with van der Waals surface area (Å²) < 4.78 is 55.3. The van der Waals surface area contributed by atoms with Crippen LogP contribution in [0.3, 0.4) is 0 Å². The lowest BCUT2D eigenvalue weighted by Gasteiger charge is -2.25. The first-order chi connectivity index (χ1) is 12.3. The lowest BCUT2D eigenvalue weighted by atomic mass is 9.89. The molecule has 0 bridgehead atoms. The highest BCUT2D eigenvalue weighted by Gasteiger charge is 2.31. The Kier molecular flexibility index (Phi) is 4.79. The molecular weight excluding hydrogens is 356 g/mol. The van der Waals surface area contributed by atoms with E-state index < -0.39 is 41.7 Å². The van der Waals surface area contributed by atoms with Gasteiger partial charge in [0.05, 0.1) is 5.92 Å². The summed E-state index contributed by atoms with van der Waals surface area (Å²) >= 11 is 0. The zero-order valence-electron chi connectivity index (χ0n) is 13.1. The molecule has 2 amide bonds. The number of halogens is 4. The molecule has 0 fully saturated rings. The summed E-state index contributed by atoms with van der Waals surface area (Å²) in [7, 11) is 0. The zero-order chi connectivity index (χ0) is 18.8. The highest BCUT2D eigenvalue weighted by molar-refractivity contribution is 6.05. The number of fused-ring (bicyclic) bond motifs is 1. The summed E-state index contributed by atoms with van der Waals surface area (Å²) in [6.45, 7) is -3.18. The lowest BCUT2D eigenvalue weighted by Crippen LogP contribution is -2.30. The molecule has 5 nitrogen and oxygen atoms in total. The Morgan fingerprint density at radius 3 is 2.65 bits per heavy atom. The second-order valence-corrected chi connectivity index (χ2v) is 5.55. The fraction of sp³-hybridized carbons (Fsp3) is 0.176. The Hall–Kier alpha value is -3.10. The number of anilines is 2. The summed E-state index contributed by atoms with van der Waals surface area (Å²) in [5, 5.41) is 4.89. The number of nitrogens with one attached hydrogen (secondary N) is 2. The molecule has 2 aromatic carbocycles. The van der Waals surface area contributed by atoms with Crippen LogP contribution in [0.2, 0.25) is 0 Å². The standard InChI is InChI=1S/C17H12F4N2O3/c18-8-1-3-10-11(7-15(24)23-13(10)5-8)16(25)22-9-2-4-14(12(19)6-9)26-17(20)21/h1-6,11,17H,7H2,(H,22,25)(H,23,24). The van der Waals surface area contributed by atoms with Crippen LogP contribution in [0.25, 0.3) is 0 Å². The number of hydrogen-bond donors (Lipinski definition) is 2. The van der Waals surface area contributed by atoms with Gasteiger partial charge in [-0.15, -0.1) is 0 Å². The van der Waals surface area contributed by atoms with Gasteiger partial charge in [-0.25, -0.2) is 8.78 Å². The second kappa shape index (κ2) is 7.03. The molecule has 1 heterocycles. The largest absolute Gasteiger partial charge is 0.432 e. The van der Waals surface area contributed by atoms with E-state index >= 15 is 0 Å². The Morgan fingerprint density at radius 1 is 1.19 bits per heavy atom. The molecule has 136 valence electrons. The molecule has 1 aliphatic heterocycles. The van der Waals surface area contributed by atoms with Crippen LogP contribution in [0, 0.1) is 11.6 Å². The normalized spacial score (nSPS) is 16.0. The van der Waals surface area contributed by atoms with E-state index in [1.165, 1.54) is 12.1 Å². The first kappa shape index (κ1) is 17.7. The van der Waals surface area contributed by atoms with Crippen LogP contribution in [0.1, 0.15) is 17.9 Å². The van der Waals surface area contributed by atoms with E-state index in [9.17, 15) is 27.2 Å². The maximum Gasteiger partial charge on any atom is 0.387 e. The van der Waals surface area contributed by atoms with E-state index in [-0.39, 0.29) is 17.8 Å². The van der Waals surface area contributed by atoms with Gasteiger partial charge in [0, 0.05) is 23.9 Å². The lowest BCUT2D eigenvalue weighted by molar-refractivity contribution is -0.123. The van der Waals surface area contributed by atoms with Crippen LogP contribution >= 0.6 is 0 Å². The minimum absolute atomic E-state index is 0.00348. The number of carbonyl (C=O) groups is 2. The molecule has 1 atom stereocenters. The van der Waals surface area contributed by atoms with Crippen LogP contribution in [0.15, 0.2) is 36.4 Å². The maximum absolute atomic E-state index is 13.7. The van der Waals surface area contributed by atoms with E-state index in [0.29, 0.717) is 5.56 Å². The van der Waals surface area contributed by atoms with E-state index in [4.69, 9.17) is 0 Å². The fourth-order valence-electron chi connectivity index (χ4n) is 2.67. The van der Waals surface area contributed by atoms with Crippen molar-refractivity contribution >= 4 is 23.2 Å². The molecule has 2 N–H and O–H groups in total. The predicted octanol–water partition coefficient (Wildman–Crippen LogP) is 3.63. The van der Waals surface area contributed by atoms with Crippen LogP contribution in [0.4, 0.5) is 28.9 Å². The number of ether oxygens (including phenoxy) is 1. The molecule has 1 aliphatic rings. The average molecular weight is 368 g/mol. The van der Waals surface area contributed by atoms with Gasteiger partial charge in [0.2, 0.25) is 11.8 Å². The number of hydrogen-bond acceptors (Lipinski definition) is 3. The molecule has 2 aromatic rings. The maximum atomic E-state index is 13.7. The molecule has 0 saturated heterocycles. The Labute approximate surface area is 145 Å². The monoisotopic (exact) mass is 368 g/mol. The van der Waals surface area contributed by atoms with Crippen LogP contribution in [-0.4, -0.2) is 18.4 Å². The zero-order valence-corrected chi connectivity index (χ0v) is 13.1. The SMILES string of the molecule is O=C1CC(C(=O)Nc2ccc(OC(F)F)c(F)c2)c2ccc(F)cc2N1. The van der Waals surface area contributed by atoms with E-state index in [1.54, 1.807) is 0 Å². The Bertz CT molecular complexity index is 873. The van der Waals surface area contributed by atoms with Gasteiger partial charge in [0.15, 0.2) is 11.6 Å². The average Bonchev–Trinajstić information content (AvgIpc) is 2.55. The van der Waals surface area contributed by atoms with Gasteiger partial charge in [0.25, 0.3) is 0 Å². The van der Waals surface area contributed by atoms with Crippen molar-refractivity contribution in [3.05, 3.63) is 53.6 Å². The van der Waals surface area contributed by atoms with Gasteiger partial charge in [-0.2, -0.15) is 8.78 Å². The number of amides is 2. The molecule has 0 saturated carbocycles. The summed E-state index contributed by atoms with van der Waals surface area (Å²) in [4.78, 5) is 24.2. The van der Waals surface area contributed by atoms with Crippen molar-refractivity contribution in [3.8, 4) is 5.75 Å². The van der Waals surface area contributed by atoms with Crippen LogP contribution < -0.4 is 15.4 Å². The number of alkyl halides is 2. The van der Waals surface area contributed by atoms with Gasteiger partial charge in [-0.1, -0.05) is 6.07 Å². The first-order valence-corrected chi connectivity index (χ1v) is 7.48. The topological polar surface area (TPSA) is 67.4 Å². The van der Waals surface area contributed by atoms with Crippen molar-refractivity contribution in [2.75, 3.05) is 10.6 Å². The third-order valence-corrected chi connectivity index (χ3v) is 3.79. The fourth-order valence-corrected chi connectivity index (χ4v) is 2.67. The molecule has 0 aromatic heterocycles. The highest BCUT2D eigenvalue weighted by atomic mass is 19.3. The minimum Gasteiger partial charge on any atom is -0.432 e. The van der Waals surface area contributed by atoms with Crippen molar-refractivity contribution in [2.24, 2.45) is 0 Å². The first-order valence-electron chi connectivity index (χ1n) is 7.48. The van der Waals surface area contributed by atoms with Crippen molar-refractivity contribution < 1.29 is 31.9 Å². The molecule has 0 spiro atoms. The Balaban J connectivity index is 1.80.